The Morgan fingerprint density at radius 3 is 2.25 bits per heavy atom. The van der Waals surface area contributed by atoms with Crippen LogP contribution in [0.25, 0.3) is 0 Å². The molecular formula is C28H35NO6S. The maximum Gasteiger partial charge on any atom is 0.309 e. The Labute approximate surface area is 214 Å². The molecule has 0 bridgehead atoms. The number of nitrogens with zero attached hydrogens (tertiary/aromatic N) is 1. The standard InChI is InChI=1S/C28H35NO6S/c1-18(2)16-29(36(31,32)28-11-8-22(6)35-28)25-13-19(3)20(4)14-26(25)34-17-24-10-9-23(12-21(24)5)15-27(30)33-7/h8-14,18H,15-17H2,1-7H3. The summed E-state index contributed by atoms with van der Waals surface area (Å²) < 4.78 is 45.2. The summed E-state index contributed by atoms with van der Waals surface area (Å²) in [4.78, 5) is 11.6. The van der Waals surface area contributed by atoms with Crippen LogP contribution >= 0.6 is 0 Å². The van der Waals surface area contributed by atoms with Gasteiger partial charge in [-0.3, -0.25) is 9.10 Å². The van der Waals surface area contributed by atoms with Crippen LogP contribution in [0.5, 0.6) is 5.75 Å². The van der Waals surface area contributed by atoms with Crippen LogP contribution in [-0.2, 0) is 32.6 Å². The second-order valence-corrected chi connectivity index (χ2v) is 11.3. The maximum atomic E-state index is 13.6. The van der Waals surface area contributed by atoms with Crippen LogP contribution in [0, 0.1) is 33.6 Å². The first-order chi connectivity index (χ1) is 16.9. The third-order valence-corrected chi connectivity index (χ3v) is 7.66. The van der Waals surface area contributed by atoms with E-state index in [0.29, 0.717) is 17.2 Å². The number of hydrogen-bond acceptors (Lipinski definition) is 6. The summed E-state index contributed by atoms with van der Waals surface area (Å²) in [7, 11) is -2.58. The van der Waals surface area contributed by atoms with Crippen LogP contribution < -0.4 is 9.04 Å². The topological polar surface area (TPSA) is 86.0 Å². The Balaban J connectivity index is 1.98. The molecule has 1 aromatic heterocycles. The highest BCUT2D eigenvalue weighted by Crippen LogP contribution is 2.36. The number of carbonyl (C=O) groups is 1. The SMILES string of the molecule is COC(=O)Cc1ccc(COc2cc(C)c(C)cc2N(CC(C)C)S(=O)(=O)c2ccc(C)o2)c(C)c1. The summed E-state index contributed by atoms with van der Waals surface area (Å²) in [5, 5.41) is -0.0955. The van der Waals surface area contributed by atoms with E-state index in [1.807, 2.05) is 65.0 Å². The highest BCUT2D eigenvalue weighted by Gasteiger charge is 2.31. The second-order valence-electron chi connectivity index (χ2n) is 9.50. The van der Waals surface area contributed by atoms with Gasteiger partial charge in [-0.05, 0) is 85.7 Å². The molecule has 7 nitrogen and oxygen atoms in total. The zero-order valence-electron chi connectivity index (χ0n) is 22.0. The number of benzene rings is 2. The molecule has 0 amide bonds. The van der Waals surface area contributed by atoms with Gasteiger partial charge >= 0.3 is 5.97 Å². The Kier molecular flexibility index (Phi) is 8.51. The van der Waals surface area contributed by atoms with E-state index in [9.17, 15) is 13.2 Å². The summed E-state index contributed by atoms with van der Waals surface area (Å²) in [5.41, 5.74) is 5.20. The van der Waals surface area contributed by atoms with E-state index in [4.69, 9.17) is 13.9 Å². The van der Waals surface area contributed by atoms with E-state index in [1.54, 1.807) is 13.0 Å². The number of esters is 1. The van der Waals surface area contributed by atoms with Crippen molar-refractivity contribution in [3.05, 3.63) is 76.0 Å². The molecular weight excluding hydrogens is 478 g/mol. The van der Waals surface area contributed by atoms with Crippen LogP contribution in [0.1, 0.15) is 47.4 Å². The molecule has 0 saturated heterocycles. The fourth-order valence-corrected chi connectivity index (χ4v) is 5.42. The van der Waals surface area contributed by atoms with Crippen LogP contribution in [0.2, 0.25) is 0 Å². The minimum Gasteiger partial charge on any atom is -0.487 e. The molecule has 0 fully saturated rings. The summed E-state index contributed by atoms with van der Waals surface area (Å²) in [6.45, 7) is 12.0. The van der Waals surface area contributed by atoms with Crippen molar-refractivity contribution >= 4 is 21.7 Å². The number of carbonyl (C=O) groups excluding carboxylic acids is 1. The van der Waals surface area contributed by atoms with Crippen molar-refractivity contribution in [2.75, 3.05) is 18.0 Å². The minimum absolute atomic E-state index is 0.0647. The van der Waals surface area contributed by atoms with Gasteiger partial charge in [0.25, 0.3) is 10.0 Å². The molecule has 0 N–H and O–H groups in total. The van der Waals surface area contributed by atoms with Gasteiger partial charge in [0.05, 0.1) is 19.2 Å². The fourth-order valence-electron chi connectivity index (χ4n) is 3.83. The third-order valence-electron chi connectivity index (χ3n) is 6.00. The minimum atomic E-state index is -3.95. The Morgan fingerprint density at radius 2 is 1.67 bits per heavy atom. The Hall–Kier alpha value is -3.26. The molecule has 0 aliphatic heterocycles. The predicted molar refractivity (Wildman–Crippen MR) is 140 cm³/mol. The molecule has 8 heteroatoms. The number of sulfonamides is 1. The van der Waals surface area contributed by atoms with Crippen molar-refractivity contribution < 1.29 is 27.1 Å². The van der Waals surface area contributed by atoms with Gasteiger partial charge in [-0.15, -0.1) is 0 Å². The van der Waals surface area contributed by atoms with Crippen molar-refractivity contribution in [3.8, 4) is 5.75 Å². The first kappa shape index (κ1) is 27.3. The average Bonchev–Trinajstić information content (AvgIpc) is 3.26. The fraction of sp³-hybridized carbons (Fsp3) is 0.393. The lowest BCUT2D eigenvalue weighted by Gasteiger charge is -2.28. The molecule has 3 aromatic rings. The van der Waals surface area contributed by atoms with Gasteiger partial charge in [0.1, 0.15) is 18.1 Å². The second kappa shape index (κ2) is 11.2. The van der Waals surface area contributed by atoms with Crippen molar-refractivity contribution in [1.29, 1.82) is 0 Å². The maximum absolute atomic E-state index is 13.6. The lowest BCUT2D eigenvalue weighted by Crippen LogP contribution is -2.34. The number of aryl methyl sites for hydroxylation is 4. The van der Waals surface area contributed by atoms with Crippen LogP contribution in [0.3, 0.4) is 0 Å². The zero-order chi connectivity index (χ0) is 26.6. The molecule has 0 atom stereocenters. The molecule has 0 spiro atoms. The quantitative estimate of drug-likeness (QED) is 0.325. The van der Waals surface area contributed by atoms with Gasteiger partial charge in [-0.1, -0.05) is 32.0 Å². The summed E-state index contributed by atoms with van der Waals surface area (Å²) in [5.74, 6) is 0.774. The first-order valence-electron chi connectivity index (χ1n) is 11.9. The van der Waals surface area contributed by atoms with E-state index in [0.717, 1.165) is 27.8 Å². The largest absolute Gasteiger partial charge is 0.487 e. The highest BCUT2D eigenvalue weighted by molar-refractivity contribution is 7.92. The average molecular weight is 514 g/mol. The monoisotopic (exact) mass is 513 g/mol. The summed E-state index contributed by atoms with van der Waals surface area (Å²) >= 11 is 0. The van der Waals surface area contributed by atoms with Crippen molar-refractivity contribution in [2.45, 2.75) is 59.7 Å². The van der Waals surface area contributed by atoms with Crippen molar-refractivity contribution in [2.24, 2.45) is 5.92 Å². The molecule has 194 valence electrons. The van der Waals surface area contributed by atoms with Gasteiger partial charge in [0.15, 0.2) is 0 Å². The van der Waals surface area contributed by atoms with Gasteiger partial charge in [0.2, 0.25) is 5.09 Å². The molecule has 0 aliphatic carbocycles. The number of hydrogen-bond donors (Lipinski definition) is 0. The van der Waals surface area contributed by atoms with Crippen LogP contribution in [-0.4, -0.2) is 28.0 Å². The van der Waals surface area contributed by atoms with E-state index < -0.39 is 10.0 Å². The smallest absolute Gasteiger partial charge is 0.309 e. The first-order valence-corrected chi connectivity index (χ1v) is 13.3. The van der Waals surface area contributed by atoms with Gasteiger partial charge in [0, 0.05) is 6.54 Å². The van der Waals surface area contributed by atoms with Gasteiger partial charge < -0.3 is 13.9 Å². The van der Waals surface area contributed by atoms with E-state index in [1.165, 1.54) is 17.5 Å². The molecule has 1 heterocycles. The van der Waals surface area contributed by atoms with Crippen LogP contribution in [0.4, 0.5) is 5.69 Å². The third kappa shape index (κ3) is 6.29. The molecule has 0 saturated carbocycles. The normalized spacial score (nSPS) is 11.6. The number of anilines is 1. The number of furan rings is 1. The van der Waals surface area contributed by atoms with E-state index in [2.05, 4.69) is 0 Å². The van der Waals surface area contributed by atoms with E-state index in [-0.39, 0.29) is 36.6 Å². The molecule has 0 unspecified atom stereocenters. The van der Waals surface area contributed by atoms with Gasteiger partial charge in [-0.25, -0.2) is 0 Å². The molecule has 0 aliphatic rings. The lowest BCUT2D eigenvalue weighted by atomic mass is 10.0. The Bertz CT molecular complexity index is 1340. The van der Waals surface area contributed by atoms with Crippen LogP contribution in [0.15, 0.2) is 52.0 Å². The predicted octanol–water partition coefficient (Wildman–Crippen LogP) is 5.66. The lowest BCUT2D eigenvalue weighted by molar-refractivity contribution is -0.139. The molecule has 3 rings (SSSR count). The molecule has 0 radical (unpaired) electrons. The van der Waals surface area contributed by atoms with Crippen molar-refractivity contribution in [1.82, 2.24) is 0 Å². The summed E-state index contributed by atoms with van der Waals surface area (Å²) in [6.07, 6.45) is 0.202. The van der Waals surface area contributed by atoms with Gasteiger partial charge in [-0.2, -0.15) is 8.42 Å². The Morgan fingerprint density at radius 1 is 0.972 bits per heavy atom. The number of ether oxygens (including phenoxy) is 2. The zero-order valence-corrected chi connectivity index (χ0v) is 22.9. The number of methoxy groups -OCH3 is 1. The molecule has 36 heavy (non-hydrogen) atoms. The molecule has 2 aromatic carbocycles. The van der Waals surface area contributed by atoms with Crippen molar-refractivity contribution in [3.63, 3.8) is 0 Å². The highest BCUT2D eigenvalue weighted by atomic mass is 32.2. The number of rotatable bonds is 10. The van der Waals surface area contributed by atoms with E-state index >= 15 is 0 Å². The summed E-state index contributed by atoms with van der Waals surface area (Å²) in [6, 6.07) is 12.6.